The van der Waals surface area contributed by atoms with E-state index in [-0.39, 0.29) is 12.5 Å². The summed E-state index contributed by atoms with van der Waals surface area (Å²) in [4.78, 5) is 34.5. The predicted molar refractivity (Wildman–Crippen MR) is 108 cm³/mol. The van der Waals surface area contributed by atoms with Gasteiger partial charge in [0.1, 0.15) is 0 Å². The molecule has 0 fully saturated rings. The van der Waals surface area contributed by atoms with Crippen LogP contribution in [0.5, 0.6) is 11.5 Å². The minimum absolute atomic E-state index is 0.195. The zero-order valence-corrected chi connectivity index (χ0v) is 16.3. The SMILES string of the molecule is CNC(=O)C(=O)N/N=C\c1ccc(OCC(=O)Nc2cccc(C)c2)c(OC)c1. The number of likely N-dealkylation sites (N-methyl/N-ethyl adjacent to an activating group) is 1. The predicted octanol–water partition coefficient (Wildman–Crippen LogP) is 1.22. The van der Waals surface area contributed by atoms with Crippen LogP contribution in [0.25, 0.3) is 0 Å². The number of carbonyl (C=O) groups is 3. The zero-order valence-electron chi connectivity index (χ0n) is 16.3. The average molecular weight is 398 g/mol. The molecule has 2 aromatic rings. The van der Waals surface area contributed by atoms with Crippen molar-refractivity contribution >= 4 is 29.6 Å². The second-order valence-electron chi connectivity index (χ2n) is 5.89. The number of methoxy groups -OCH3 is 1. The van der Waals surface area contributed by atoms with E-state index in [0.717, 1.165) is 5.56 Å². The van der Waals surface area contributed by atoms with Crippen LogP contribution in [-0.4, -0.2) is 44.7 Å². The van der Waals surface area contributed by atoms with Crippen LogP contribution in [0.2, 0.25) is 0 Å². The van der Waals surface area contributed by atoms with E-state index >= 15 is 0 Å². The number of aryl methyl sites for hydroxylation is 1. The van der Waals surface area contributed by atoms with Crippen molar-refractivity contribution < 1.29 is 23.9 Å². The maximum atomic E-state index is 12.1. The highest BCUT2D eigenvalue weighted by Crippen LogP contribution is 2.27. The van der Waals surface area contributed by atoms with Gasteiger partial charge in [-0.1, -0.05) is 12.1 Å². The quantitative estimate of drug-likeness (QED) is 0.368. The zero-order chi connectivity index (χ0) is 21.2. The van der Waals surface area contributed by atoms with Gasteiger partial charge in [0.25, 0.3) is 5.91 Å². The summed E-state index contributed by atoms with van der Waals surface area (Å²) in [5.41, 5.74) is 4.41. The molecule has 0 atom stereocenters. The van der Waals surface area contributed by atoms with Gasteiger partial charge >= 0.3 is 11.8 Å². The topological polar surface area (TPSA) is 118 Å². The standard InChI is InChI=1S/C20H22N4O5/c1-13-5-4-6-15(9-13)23-18(25)12-29-16-8-7-14(10-17(16)28-3)11-22-24-20(27)19(26)21-2/h4-11H,12H2,1-3H3,(H,21,26)(H,23,25)(H,24,27)/b22-11-. The summed E-state index contributed by atoms with van der Waals surface area (Å²) < 4.78 is 10.8. The lowest BCUT2D eigenvalue weighted by Gasteiger charge is -2.11. The lowest BCUT2D eigenvalue weighted by molar-refractivity contribution is -0.138. The van der Waals surface area contributed by atoms with E-state index in [0.29, 0.717) is 22.7 Å². The van der Waals surface area contributed by atoms with Gasteiger partial charge in [-0.05, 0) is 48.4 Å². The van der Waals surface area contributed by atoms with E-state index in [2.05, 4.69) is 21.2 Å². The molecule has 9 nitrogen and oxygen atoms in total. The molecule has 152 valence electrons. The summed E-state index contributed by atoms with van der Waals surface area (Å²) in [6.07, 6.45) is 1.34. The third-order valence-corrected chi connectivity index (χ3v) is 3.66. The Labute approximate surface area is 168 Å². The molecule has 0 spiro atoms. The van der Waals surface area contributed by atoms with Gasteiger partial charge in [0.15, 0.2) is 18.1 Å². The Morgan fingerprint density at radius 3 is 2.55 bits per heavy atom. The number of hydrazone groups is 1. The van der Waals surface area contributed by atoms with Crippen LogP contribution >= 0.6 is 0 Å². The summed E-state index contributed by atoms with van der Waals surface area (Å²) in [6, 6.07) is 12.3. The van der Waals surface area contributed by atoms with Gasteiger partial charge in [-0.3, -0.25) is 14.4 Å². The van der Waals surface area contributed by atoms with Crippen LogP contribution in [0, 0.1) is 6.92 Å². The largest absolute Gasteiger partial charge is 0.493 e. The Morgan fingerprint density at radius 2 is 1.86 bits per heavy atom. The van der Waals surface area contributed by atoms with Crippen LogP contribution in [0.1, 0.15) is 11.1 Å². The van der Waals surface area contributed by atoms with Gasteiger partial charge in [0.2, 0.25) is 0 Å². The van der Waals surface area contributed by atoms with Crippen molar-refractivity contribution in [2.75, 3.05) is 26.1 Å². The number of carbonyl (C=O) groups excluding carboxylic acids is 3. The van der Waals surface area contributed by atoms with Gasteiger partial charge in [-0.15, -0.1) is 0 Å². The van der Waals surface area contributed by atoms with Gasteiger partial charge in [-0.25, -0.2) is 5.43 Å². The third kappa shape index (κ3) is 6.65. The molecule has 2 aromatic carbocycles. The van der Waals surface area contributed by atoms with Gasteiger partial charge in [0.05, 0.1) is 13.3 Å². The highest BCUT2D eigenvalue weighted by molar-refractivity contribution is 6.35. The second-order valence-corrected chi connectivity index (χ2v) is 5.89. The Kier molecular flexibility index (Phi) is 7.72. The Morgan fingerprint density at radius 1 is 1.07 bits per heavy atom. The van der Waals surface area contributed by atoms with Crippen LogP contribution in [0.4, 0.5) is 5.69 Å². The number of ether oxygens (including phenoxy) is 2. The average Bonchev–Trinajstić information content (AvgIpc) is 2.71. The summed E-state index contributed by atoms with van der Waals surface area (Å²) in [5, 5.41) is 8.64. The van der Waals surface area contributed by atoms with Crippen LogP contribution in [0.15, 0.2) is 47.6 Å². The first kappa shape index (κ1) is 21.4. The maximum absolute atomic E-state index is 12.1. The van der Waals surface area contributed by atoms with E-state index < -0.39 is 11.8 Å². The molecule has 0 aromatic heterocycles. The van der Waals surface area contributed by atoms with E-state index in [1.807, 2.05) is 25.1 Å². The summed E-state index contributed by atoms with van der Waals surface area (Å²) in [7, 11) is 2.81. The van der Waals surface area contributed by atoms with Crippen molar-refractivity contribution in [2.45, 2.75) is 6.92 Å². The fourth-order valence-electron chi connectivity index (χ4n) is 2.28. The molecule has 0 aliphatic heterocycles. The summed E-state index contributed by atoms with van der Waals surface area (Å²) in [5.74, 6) is -1.23. The maximum Gasteiger partial charge on any atom is 0.329 e. The Bertz CT molecular complexity index is 927. The number of hydrogen-bond acceptors (Lipinski definition) is 6. The fraction of sp³-hybridized carbons (Fsp3) is 0.200. The molecular formula is C20H22N4O5. The molecule has 0 unspecified atom stereocenters. The van der Waals surface area contributed by atoms with E-state index in [9.17, 15) is 14.4 Å². The molecule has 3 amide bonds. The molecule has 0 bridgehead atoms. The van der Waals surface area contributed by atoms with Crippen molar-refractivity contribution in [3.05, 3.63) is 53.6 Å². The minimum Gasteiger partial charge on any atom is -0.493 e. The molecule has 0 saturated heterocycles. The normalized spacial score (nSPS) is 10.3. The molecule has 0 radical (unpaired) electrons. The number of benzene rings is 2. The molecule has 0 aliphatic carbocycles. The third-order valence-electron chi connectivity index (χ3n) is 3.66. The summed E-state index contributed by atoms with van der Waals surface area (Å²) in [6.45, 7) is 1.74. The van der Waals surface area contributed by atoms with E-state index in [1.165, 1.54) is 20.4 Å². The second kappa shape index (κ2) is 10.5. The first-order valence-electron chi connectivity index (χ1n) is 8.65. The molecule has 0 aliphatic rings. The lowest BCUT2D eigenvalue weighted by Crippen LogP contribution is -2.35. The van der Waals surface area contributed by atoms with Gasteiger partial charge < -0.3 is 20.1 Å². The molecular weight excluding hydrogens is 376 g/mol. The lowest BCUT2D eigenvalue weighted by atomic mass is 10.2. The van der Waals surface area contributed by atoms with Gasteiger partial charge in [0, 0.05) is 12.7 Å². The Balaban J connectivity index is 1.95. The minimum atomic E-state index is -0.879. The Hall–Kier alpha value is -3.88. The number of nitrogens with one attached hydrogen (secondary N) is 3. The van der Waals surface area contributed by atoms with Crippen molar-refractivity contribution in [3.8, 4) is 11.5 Å². The smallest absolute Gasteiger partial charge is 0.329 e. The summed E-state index contributed by atoms with van der Waals surface area (Å²) >= 11 is 0. The number of rotatable bonds is 7. The number of nitrogens with zero attached hydrogens (tertiary/aromatic N) is 1. The molecule has 0 heterocycles. The molecule has 9 heteroatoms. The van der Waals surface area contributed by atoms with Crippen LogP contribution in [-0.2, 0) is 14.4 Å². The molecule has 2 rings (SSSR count). The van der Waals surface area contributed by atoms with Crippen molar-refractivity contribution in [1.29, 1.82) is 0 Å². The number of amides is 3. The number of hydrogen-bond donors (Lipinski definition) is 3. The first-order valence-corrected chi connectivity index (χ1v) is 8.65. The fourth-order valence-corrected chi connectivity index (χ4v) is 2.28. The van der Waals surface area contributed by atoms with E-state index in [4.69, 9.17) is 9.47 Å². The molecule has 29 heavy (non-hydrogen) atoms. The first-order chi connectivity index (χ1) is 13.9. The van der Waals surface area contributed by atoms with Crippen molar-refractivity contribution in [2.24, 2.45) is 5.10 Å². The van der Waals surface area contributed by atoms with Gasteiger partial charge in [-0.2, -0.15) is 5.10 Å². The van der Waals surface area contributed by atoms with Crippen LogP contribution < -0.4 is 25.5 Å². The highest BCUT2D eigenvalue weighted by atomic mass is 16.5. The molecule has 3 N–H and O–H groups in total. The van der Waals surface area contributed by atoms with Crippen molar-refractivity contribution in [1.82, 2.24) is 10.7 Å². The highest BCUT2D eigenvalue weighted by Gasteiger charge is 2.10. The monoisotopic (exact) mass is 398 g/mol. The number of anilines is 1. The molecule has 0 saturated carbocycles. The van der Waals surface area contributed by atoms with Crippen molar-refractivity contribution in [3.63, 3.8) is 0 Å². The van der Waals surface area contributed by atoms with Crippen LogP contribution in [0.3, 0.4) is 0 Å². The van der Waals surface area contributed by atoms with E-state index in [1.54, 1.807) is 24.3 Å².